The van der Waals surface area contributed by atoms with Crippen molar-refractivity contribution in [1.82, 2.24) is 5.32 Å². The Morgan fingerprint density at radius 1 is 0.886 bits per heavy atom. The molecular weight excluding hydrogens is 458 g/mol. The lowest BCUT2D eigenvalue weighted by atomic mass is 10.1. The molecule has 3 aromatic rings. The number of benzene rings is 3. The molecule has 0 radical (unpaired) electrons. The molecule has 1 amide bonds. The van der Waals surface area contributed by atoms with Gasteiger partial charge in [0.25, 0.3) is 10.0 Å². The van der Waals surface area contributed by atoms with Crippen LogP contribution in [-0.4, -0.2) is 34.0 Å². The second-order valence-corrected chi connectivity index (χ2v) is 11.1. The first-order valence-electron chi connectivity index (χ1n) is 12.0. The molecule has 1 heterocycles. The van der Waals surface area contributed by atoms with Crippen molar-refractivity contribution in [3.63, 3.8) is 0 Å². The van der Waals surface area contributed by atoms with Gasteiger partial charge in [-0.15, -0.1) is 0 Å². The topological polar surface area (TPSA) is 69.7 Å². The average molecular weight is 492 g/mol. The van der Waals surface area contributed by atoms with Crippen molar-refractivity contribution in [1.29, 1.82) is 0 Å². The zero-order chi connectivity index (χ0) is 25.0. The van der Waals surface area contributed by atoms with Crippen LogP contribution in [0.4, 0.5) is 11.4 Å². The van der Waals surface area contributed by atoms with E-state index in [1.807, 2.05) is 45.0 Å². The number of amides is 1. The highest BCUT2D eigenvalue weighted by Crippen LogP contribution is 2.26. The maximum Gasteiger partial charge on any atom is 0.264 e. The summed E-state index contributed by atoms with van der Waals surface area (Å²) >= 11 is 0. The fraction of sp³-hybridized carbons (Fsp3) is 0.321. The summed E-state index contributed by atoms with van der Waals surface area (Å²) in [5.74, 6) is -0.359. The molecule has 1 aliphatic heterocycles. The lowest BCUT2D eigenvalue weighted by Gasteiger charge is -2.25. The van der Waals surface area contributed by atoms with Crippen molar-refractivity contribution in [3.05, 3.63) is 89.0 Å². The predicted octanol–water partition coefficient (Wildman–Crippen LogP) is 4.72. The zero-order valence-corrected chi connectivity index (χ0v) is 21.4. The molecular formula is C28H33N3O3S. The Morgan fingerprint density at radius 2 is 1.54 bits per heavy atom. The van der Waals surface area contributed by atoms with Crippen LogP contribution in [0.5, 0.6) is 0 Å². The van der Waals surface area contributed by atoms with Crippen LogP contribution in [0.15, 0.2) is 71.6 Å². The molecule has 1 N–H and O–H groups in total. The summed E-state index contributed by atoms with van der Waals surface area (Å²) in [5.41, 5.74) is 5.63. The van der Waals surface area contributed by atoms with Crippen LogP contribution in [-0.2, 0) is 21.4 Å². The zero-order valence-electron chi connectivity index (χ0n) is 20.6. The van der Waals surface area contributed by atoms with E-state index in [1.165, 1.54) is 22.8 Å². The van der Waals surface area contributed by atoms with Crippen LogP contribution in [0, 0.1) is 20.8 Å². The number of nitrogens with zero attached hydrogens (tertiary/aromatic N) is 2. The molecule has 0 unspecified atom stereocenters. The normalized spacial score (nSPS) is 13.6. The van der Waals surface area contributed by atoms with Crippen LogP contribution in [0.1, 0.15) is 35.1 Å². The van der Waals surface area contributed by atoms with E-state index in [-0.39, 0.29) is 17.3 Å². The summed E-state index contributed by atoms with van der Waals surface area (Å²) < 4.78 is 28.3. The van der Waals surface area contributed by atoms with Crippen LogP contribution >= 0.6 is 0 Å². The van der Waals surface area contributed by atoms with E-state index in [9.17, 15) is 13.2 Å². The van der Waals surface area contributed by atoms with Crippen LogP contribution < -0.4 is 14.5 Å². The first-order valence-corrected chi connectivity index (χ1v) is 13.5. The van der Waals surface area contributed by atoms with E-state index in [0.717, 1.165) is 35.3 Å². The minimum Gasteiger partial charge on any atom is -0.372 e. The Bertz CT molecular complexity index is 1280. The van der Waals surface area contributed by atoms with Gasteiger partial charge >= 0.3 is 0 Å². The first-order chi connectivity index (χ1) is 16.7. The Kier molecular flexibility index (Phi) is 7.45. The smallest absolute Gasteiger partial charge is 0.264 e. The minimum absolute atomic E-state index is 0.159. The number of aryl methyl sites for hydroxylation is 3. The van der Waals surface area contributed by atoms with Gasteiger partial charge in [0.1, 0.15) is 6.54 Å². The van der Waals surface area contributed by atoms with Gasteiger partial charge < -0.3 is 10.2 Å². The number of rotatable bonds is 8. The number of carbonyl (C=O) groups is 1. The number of sulfonamides is 1. The molecule has 3 aromatic carbocycles. The standard InChI is InChI=1S/C28H33N3O3S/c1-21-6-14-27(15-7-21)35(33,34)31(26-11-8-22(2)23(3)18-26)20-28(32)29-19-24-9-12-25(13-10-24)30-16-4-5-17-30/h6-15,18H,4-5,16-17,19-20H2,1-3H3,(H,29,32). The van der Waals surface area contributed by atoms with Crippen molar-refractivity contribution in [3.8, 4) is 0 Å². The van der Waals surface area contributed by atoms with E-state index in [1.54, 1.807) is 30.3 Å². The molecule has 0 spiro atoms. The Labute approximate surface area is 208 Å². The summed E-state index contributed by atoms with van der Waals surface area (Å²) in [6.45, 7) is 8.01. The minimum atomic E-state index is -3.93. The lowest BCUT2D eigenvalue weighted by molar-refractivity contribution is -0.119. The third kappa shape index (κ3) is 5.85. The van der Waals surface area contributed by atoms with E-state index in [4.69, 9.17) is 0 Å². The molecule has 0 bridgehead atoms. The van der Waals surface area contributed by atoms with Gasteiger partial charge in [0.05, 0.1) is 10.6 Å². The highest BCUT2D eigenvalue weighted by molar-refractivity contribution is 7.92. The Morgan fingerprint density at radius 3 is 2.17 bits per heavy atom. The van der Waals surface area contributed by atoms with Crippen LogP contribution in [0.25, 0.3) is 0 Å². The fourth-order valence-electron chi connectivity index (χ4n) is 4.22. The summed E-state index contributed by atoms with van der Waals surface area (Å²) in [6, 6.07) is 20.3. The molecule has 1 saturated heterocycles. The van der Waals surface area contributed by atoms with Gasteiger partial charge in [-0.05, 0) is 86.7 Å². The molecule has 1 aliphatic rings. The number of hydrogen-bond acceptors (Lipinski definition) is 4. The molecule has 184 valence electrons. The third-order valence-corrected chi connectivity index (χ3v) is 8.36. The molecule has 6 nitrogen and oxygen atoms in total. The van der Waals surface area contributed by atoms with Gasteiger partial charge in [-0.3, -0.25) is 9.10 Å². The van der Waals surface area contributed by atoms with Gasteiger partial charge in [0.15, 0.2) is 0 Å². The van der Waals surface area contributed by atoms with E-state index in [2.05, 4.69) is 22.3 Å². The van der Waals surface area contributed by atoms with Crippen molar-refractivity contribution in [2.45, 2.75) is 45.1 Å². The summed E-state index contributed by atoms with van der Waals surface area (Å²) in [5, 5.41) is 2.89. The highest BCUT2D eigenvalue weighted by Gasteiger charge is 2.27. The van der Waals surface area contributed by atoms with Crippen molar-refractivity contribution in [2.24, 2.45) is 0 Å². The molecule has 0 aromatic heterocycles. The fourth-order valence-corrected chi connectivity index (χ4v) is 5.63. The van der Waals surface area contributed by atoms with Gasteiger partial charge in [0, 0.05) is 25.3 Å². The molecule has 1 fully saturated rings. The SMILES string of the molecule is Cc1ccc(S(=O)(=O)N(CC(=O)NCc2ccc(N3CCCC3)cc2)c2ccc(C)c(C)c2)cc1. The van der Waals surface area contributed by atoms with E-state index >= 15 is 0 Å². The molecule has 0 atom stereocenters. The van der Waals surface area contributed by atoms with Gasteiger partial charge in [-0.1, -0.05) is 35.9 Å². The monoisotopic (exact) mass is 491 g/mol. The molecule has 0 aliphatic carbocycles. The van der Waals surface area contributed by atoms with E-state index < -0.39 is 10.0 Å². The molecule has 35 heavy (non-hydrogen) atoms. The van der Waals surface area contributed by atoms with Crippen molar-refractivity contribution < 1.29 is 13.2 Å². The average Bonchev–Trinajstić information content (AvgIpc) is 3.39. The first kappa shape index (κ1) is 24.8. The third-order valence-electron chi connectivity index (χ3n) is 6.57. The second-order valence-electron chi connectivity index (χ2n) is 9.23. The second kappa shape index (κ2) is 10.5. The van der Waals surface area contributed by atoms with Crippen LogP contribution in [0.3, 0.4) is 0 Å². The maximum atomic E-state index is 13.6. The number of carbonyl (C=O) groups excluding carboxylic acids is 1. The van der Waals surface area contributed by atoms with Crippen molar-refractivity contribution >= 4 is 27.3 Å². The summed E-state index contributed by atoms with van der Waals surface area (Å²) in [4.78, 5) is 15.5. The molecule has 7 heteroatoms. The molecule has 0 saturated carbocycles. The highest BCUT2D eigenvalue weighted by atomic mass is 32.2. The number of anilines is 2. The lowest BCUT2D eigenvalue weighted by Crippen LogP contribution is -2.40. The Balaban J connectivity index is 1.50. The predicted molar refractivity (Wildman–Crippen MR) is 141 cm³/mol. The Hall–Kier alpha value is -3.32. The molecule has 4 rings (SSSR count). The van der Waals surface area contributed by atoms with Gasteiger partial charge in [-0.2, -0.15) is 0 Å². The van der Waals surface area contributed by atoms with Crippen LogP contribution in [0.2, 0.25) is 0 Å². The summed E-state index contributed by atoms with van der Waals surface area (Å²) in [6.07, 6.45) is 2.45. The van der Waals surface area contributed by atoms with Gasteiger partial charge in [-0.25, -0.2) is 8.42 Å². The number of hydrogen-bond donors (Lipinski definition) is 1. The van der Waals surface area contributed by atoms with Gasteiger partial charge in [0.2, 0.25) is 5.91 Å². The quantitative estimate of drug-likeness (QED) is 0.495. The maximum absolute atomic E-state index is 13.6. The summed E-state index contributed by atoms with van der Waals surface area (Å²) in [7, 11) is -3.93. The largest absolute Gasteiger partial charge is 0.372 e. The van der Waals surface area contributed by atoms with E-state index in [0.29, 0.717) is 12.2 Å². The van der Waals surface area contributed by atoms with Crippen molar-refractivity contribution in [2.75, 3.05) is 28.8 Å². The number of nitrogens with one attached hydrogen (secondary N) is 1.